The van der Waals surface area contributed by atoms with Gasteiger partial charge in [0.15, 0.2) is 11.5 Å². The summed E-state index contributed by atoms with van der Waals surface area (Å²) in [5, 5.41) is 2.39. The molecule has 4 aromatic carbocycles. The fourth-order valence-corrected chi connectivity index (χ4v) is 3.76. The molecule has 0 aromatic heterocycles. The van der Waals surface area contributed by atoms with Gasteiger partial charge in [-0.25, -0.2) is 0 Å². The molecule has 0 heterocycles. The summed E-state index contributed by atoms with van der Waals surface area (Å²) >= 11 is 3.62. The zero-order valence-corrected chi connectivity index (χ0v) is 17.6. The maximum Gasteiger partial charge on any atom is 0.175 e. The molecule has 0 amide bonds. The van der Waals surface area contributed by atoms with Crippen molar-refractivity contribution in [1.82, 2.24) is 0 Å². The fraction of sp³-hybridized carbons (Fsp3) is 0.0800. The van der Waals surface area contributed by atoms with Gasteiger partial charge in [0.25, 0.3) is 0 Å². The van der Waals surface area contributed by atoms with E-state index in [9.17, 15) is 0 Å². The van der Waals surface area contributed by atoms with Gasteiger partial charge >= 0.3 is 0 Å². The summed E-state index contributed by atoms with van der Waals surface area (Å²) < 4.78 is 12.6. The van der Waals surface area contributed by atoms with Crippen LogP contribution < -0.4 is 9.47 Å². The quantitative estimate of drug-likeness (QED) is 0.301. The third-order valence-corrected chi connectivity index (χ3v) is 5.21. The summed E-state index contributed by atoms with van der Waals surface area (Å²) in [5.41, 5.74) is 2.96. The smallest absolute Gasteiger partial charge is 0.175 e. The van der Waals surface area contributed by atoms with E-state index in [2.05, 4.69) is 51.3 Å². The molecule has 144 valence electrons. The molecule has 0 aliphatic rings. The number of para-hydroxylation sites is 1. The lowest BCUT2D eigenvalue weighted by Gasteiger charge is -2.14. The fourth-order valence-electron chi connectivity index (χ4n) is 3.19. The Morgan fingerprint density at radius 1 is 0.897 bits per heavy atom. The first-order valence-corrected chi connectivity index (χ1v) is 10.1. The number of methoxy groups -OCH3 is 1. The number of rotatable bonds is 6. The Balaban J connectivity index is 1.58. The molecular formula is C25H20BrNO2. The lowest BCUT2D eigenvalue weighted by atomic mass is 10.1. The van der Waals surface area contributed by atoms with Crippen molar-refractivity contribution in [2.45, 2.75) is 6.61 Å². The maximum absolute atomic E-state index is 6.15. The lowest BCUT2D eigenvalue weighted by Crippen LogP contribution is -2.00. The third kappa shape index (κ3) is 4.49. The molecule has 0 radical (unpaired) electrons. The monoisotopic (exact) mass is 445 g/mol. The minimum absolute atomic E-state index is 0.452. The van der Waals surface area contributed by atoms with E-state index >= 15 is 0 Å². The number of benzene rings is 4. The van der Waals surface area contributed by atoms with E-state index in [0.29, 0.717) is 18.1 Å². The zero-order valence-electron chi connectivity index (χ0n) is 16.0. The highest BCUT2D eigenvalue weighted by atomic mass is 79.9. The Morgan fingerprint density at radius 2 is 1.66 bits per heavy atom. The largest absolute Gasteiger partial charge is 0.493 e. The van der Waals surface area contributed by atoms with E-state index in [1.165, 1.54) is 10.8 Å². The Kier molecular flexibility index (Phi) is 5.92. The van der Waals surface area contributed by atoms with Crippen molar-refractivity contribution in [3.63, 3.8) is 0 Å². The van der Waals surface area contributed by atoms with Crippen LogP contribution in [0, 0.1) is 0 Å². The summed E-state index contributed by atoms with van der Waals surface area (Å²) in [6, 6.07) is 28.3. The van der Waals surface area contributed by atoms with Crippen LogP contribution in [0.15, 0.2) is 94.4 Å². The van der Waals surface area contributed by atoms with Crippen molar-refractivity contribution in [3.8, 4) is 11.5 Å². The van der Waals surface area contributed by atoms with E-state index in [1.807, 2.05) is 60.8 Å². The number of halogens is 1. The lowest BCUT2D eigenvalue weighted by molar-refractivity contribution is 0.283. The van der Waals surface area contributed by atoms with Crippen LogP contribution in [-0.2, 0) is 6.61 Å². The van der Waals surface area contributed by atoms with Gasteiger partial charge in [-0.3, -0.25) is 4.99 Å². The van der Waals surface area contributed by atoms with Crippen LogP contribution in [-0.4, -0.2) is 13.3 Å². The van der Waals surface area contributed by atoms with Gasteiger partial charge in [-0.1, -0.05) is 60.7 Å². The molecule has 0 bridgehead atoms. The molecule has 0 fully saturated rings. The Labute approximate surface area is 178 Å². The number of nitrogens with zero attached hydrogens (tertiary/aromatic N) is 1. The van der Waals surface area contributed by atoms with E-state index in [-0.39, 0.29) is 0 Å². The SMILES string of the molecule is COc1cc(C=Nc2ccccc2)cc(Br)c1OCc1cccc2ccccc12. The minimum atomic E-state index is 0.452. The van der Waals surface area contributed by atoms with E-state index in [1.54, 1.807) is 7.11 Å². The van der Waals surface area contributed by atoms with E-state index in [0.717, 1.165) is 21.3 Å². The molecular weight excluding hydrogens is 426 g/mol. The van der Waals surface area contributed by atoms with Crippen molar-refractivity contribution >= 4 is 38.6 Å². The van der Waals surface area contributed by atoms with Crippen molar-refractivity contribution < 1.29 is 9.47 Å². The highest BCUT2D eigenvalue weighted by Crippen LogP contribution is 2.37. The second-order valence-corrected chi connectivity index (χ2v) is 7.41. The Hall–Kier alpha value is -3.11. The molecule has 0 atom stereocenters. The van der Waals surface area contributed by atoms with Crippen LogP contribution in [0.5, 0.6) is 11.5 Å². The summed E-state index contributed by atoms with van der Waals surface area (Å²) in [6.45, 7) is 0.452. The zero-order chi connectivity index (χ0) is 20.1. The van der Waals surface area contributed by atoms with Gasteiger partial charge < -0.3 is 9.47 Å². The average Bonchev–Trinajstić information content (AvgIpc) is 2.77. The van der Waals surface area contributed by atoms with Crippen LogP contribution >= 0.6 is 15.9 Å². The molecule has 4 rings (SSSR count). The van der Waals surface area contributed by atoms with Gasteiger partial charge in [0.05, 0.1) is 17.3 Å². The molecule has 4 aromatic rings. The van der Waals surface area contributed by atoms with Crippen LogP contribution in [0.1, 0.15) is 11.1 Å². The first kappa shape index (κ1) is 19.2. The molecule has 0 N–H and O–H groups in total. The summed E-state index contributed by atoms with van der Waals surface area (Å²) in [6.07, 6.45) is 1.82. The van der Waals surface area contributed by atoms with Crippen LogP contribution in [0.2, 0.25) is 0 Å². The van der Waals surface area contributed by atoms with Crippen LogP contribution in [0.25, 0.3) is 10.8 Å². The van der Waals surface area contributed by atoms with Gasteiger partial charge in [-0.15, -0.1) is 0 Å². The number of hydrogen-bond donors (Lipinski definition) is 0. The summed E-state index contributed by atoms with van der Waals surface area (Å²) in [5.74, 6) is 1.34. The number of ether oxygens (including phenoxy) is 2. The second-order valence-electron chi connectivity index (χ2n) is 6.55. The second kappa shape index (κ2) is 8.93. The van der Waals surface area contributed by atoms with Crippen molar-refractivity contribution in [3.05, 3.63) is 101 Å². The van der Waals surface area contributed by atoms with Crippen molar-refractivity contribution in [2.24, 2.45) is 4.99 Å². The molecule has 3 nitrogen and oxygen atoms in total. The Bertz CT molecular complexity index is 1150. The molecule has 4 heteroatoms. The first-order valence-electron chi connectivity index (χ1n) is 9.30. The summed E-state index contributed by atoms with van der Waals surface area (Å²) in [7, 11) is 1.64. The molecule has 29 heavy (non-hydrogen) atoms. The van der Waals surface area contributed by atoms with E-state index < -0.39 is 0 Å². The average molecular weight is 446 g/mol. The van der Waals surface area contributed by atoms with Gasteiger partial charge in [0.1, 0.15) is 6.61 Å². The predicted octanol–water partition coefficient (Wildman–Crippen LogP) is 6.94. The molecule has 0 spiro atoms. The number of aliphatic imine (C=N–C) groups is 1. The normalized spacial score (nSPS) is 11.1. The summed E-state index contributed by atoms with van der Waals surface area (Å²) in [4.78, 5) is 4.51. The van der Waals surface area contributed by atoms with Crippen molar-refractivity contribution in [1.29, 1.82) is 0 Å². The van der Waals surface area contributed by atoms with Gasteiger partial charge in [-0.05, 0) is 62.1 Å². The molecule has 0 unspecified atom stereocenters. The highest BCUT2D eigenvalue weighted by Gasteiger charge is 2.12. The first-order chi connectivity index (χ1) is 14.2. The van der Waals surface area contributed by atoms with Crippen LogP contribution in [0.4, 0.5) is 5.69 Å². The third-order valence-electron chi connectivity index (χ3n) is 4.62. The molecule has 0 saturated carbocycles. The predicted molar refractivity (Wildman–Crippen MR) is 123 cm³/mol. The number of fused-ring (bicyclic) bond motifs is 1. The standard InChI is InChI=1S/C25H20BrNO2/c1-28-24-15-18(16-27-21-11-3-2-4-12-21)14-23(26)25(24)29-17-20-10-7-9-19-8-5-6-13-22(19)20/h2-16H,17H2,1H3. The maximum atomic E-state index is 6.15. The van der Waals surface area contributed by atoms with Crippen LogP contribution in [0.3, 0.4) is 0 Å². The molecule has 0 aliphatic heterocycles. The van der Waals surface area contributed by atoms with Gasteiger partial charge in [0, 0.05) is 6.21 Å². The number of hydrogen-bond acceptors (Lipinski definition) is 3. The highest BCUT2D eigenvalue weighted by molar-refractivity contribution is 9.10. The van der Waals surface area contributed by atoms with Gasteiger partial charge in [0.2, 0.25) is 0 Å². The van der Waals surface area contributed by atoms with Gasteiger partial charge in [-0.2, -0.15) is 0 Å². The topological polar surface area (TPSA) is 30.8 Å². The Morgan fingerprint density at radius 3 is 2.48 bits per heavy atom. The van der Waals surface area contributed by atoms with Crippen molar-refractivity contribution in [2.75, 3.05) is 7.11 Å². The molecule has 0 aliphatic carbocycles. The minimum Gasteiger partial charge on any atom is -0.493 e. The molecule has 0 saturated heterocycles. The van der Waals surface area contributed by atoms with E-state index in [4.69, 9.17) is 9.47 Å².